The van der Waals surface area contributed by atoms with Gasteiger partial charge in [-0.25, -0.2) is 12.7 Å². The number of hydrogen-bond donors (Lipinski definition) is 0. The number of sulfonamides is 1. The number of unbranched alkanes of at least 4 members (excludes halogenated alkanes) is 1. The van der Waals surface area contributed by atoms with Crippen LogP contribution in [0.4, 0.5) is 13.2 Å². The molecule has 3 atom stereocenters. The number of aryl methyl sites for hydroxylation is 1. The van der Waals surface area contributed by atoms with Gasteiger partial charge in [-0.05, 0) is 107 Å². The number of likely N-dealkylation sites (tertiary alicyclic amines) is 1. The summed E-state index contributed by atoms with van der Waals surface area (Å²) in [5, 5.41) is -1.33. The van der Waals surface area contributed by atoms with Crippen LogP contribution in [0.3, 0.4) is 0 Å². The van der Waals surface area contributed by atoms with Gasteiger partial charge in [0.2, 0.25) is 10.0 Å². The molecule has 4 rings (SSSR count). The fraction of sp³-hybridized carbons (Fsp3) is 0.742. The predicted octanol–water partition coefficient (Wildman–Crippen LogP) is 7.51. The molecule has 0 N–H and O–H groups in total. The Morgan fingerprint density at radius 1 is 1.03 bits per heavy atom. The van der Waals surface area contributed by atoms with Crippen molar-refractivity contribution in [1.82, 2.24) is 9.21 Å². The van der Waals surface area contributed by atoms with Crippen molar-refractivity contribution in [2.45, 2.75) is 115 Å². The van der Waals surface area contributed by atoms with E-state index in [-0.39, 0.29) is 19.4 Å². The summed E-state index contributed by atoms with van der Waals surface area (Å²) in [5.41, 5.74) is 7.55. The molecular weight excluding hydrogens is 521 g/mol. The van der Waals surface area contributed by atoms with Gasteiger partial charge in [0.1, 0.15) is 0 Å². The third kappa shape index (κ3) is 6.75. The number of halogens is 3. The second-order valence-electron chi connectivity index (χ2n) is 12.1. The fourth-order valence-corrected chi connectivity index (χ4v) is 9.47. The molecule has 3 fully saturated rings. The molecule has 39 heavy (non-hydrogen) atoms. The van der Waals surface area contributed by atoms with Crippen molar-refractivity contribution in [3.8, 4) is 0 Å². The topological polar surface area (TPSA) is 40.6 Å². The highest BCUT2D eigenvalue weighted by Crippen LogP contribution is 2.43. The molecule has 1 aromatic rings. The molecule has 4 nitrogen and oxygen atoms in total. The molecule has 1 aromatic carbocycles. The van der Waals surface area contributed by atoms with Crippen LogP contribution in [0.1, 0.15) is 101 Å². The molecule has 3 aliphatic rings. The highest BCUT2D eigenvalue weighted by Gasteiger charge is 2.51. The lowest BCUT2D eigenvalue weighted by Gasteiger charge is -2.44. The van der Waals surface area contributed by atoms with Crippen LogP contribution < -0.4 is 0 Å². The van der Waals surface area contributed by atoms with Crippen molar-refractivity contribution in [1.29, 1.82) is 0 Å². The van der Waals surface area contributed by atoms with Gasteiger partial charge in [0, 0.05) is 25.7 Å². The van der Waals surface area contributed by atoms with Crippen molar-refractivity contribution in [3.63, 3.8) is 0 Å². The van der Waals surface area contributed by atoms with Gasteiger partial charge in [-0.15, -0.1) is 0 Å². The van der Waals surface area contributed by atoms with E-state index in [4.69, 9.17) is 0 Å². The van der Waals surface area contributed by atoms with E-state index in [1.165, 1.54) is 46.7 Å². The van der Waals surface area contributed by atoms with Gasteiger partial charge in [-0.3, -0.25) is 4.90 Å². The monoisotopic (exact) mass is 568 g/mol. The molecule has 8 heteroatoms. The first kappa shape index (κ1) is 30.6. The van der Waals surface area contributed by atoms with E-state index in [0.29, 0.717) is 37.8 Å². The minimum absolute atomic E-state index is 0.0815. The van der Waals surface area contributed by atoms with Gasteiger partial charge in [-0.1, -0.05) is 43.5 Å². The van der Waals surface area contributed by atoms with Gasteiger partial charge in [-0.2, -0.15) is 13.2 Å². The van der Waals surface area contributed by atoms with E-state index in [9.17, 15) is 21.6 Å². The molecule has 2 saturated carbocycles. The molecule has 3 unspecified atom stereocenters. The molecule has 220 valence electrons. The molecule has 0 amide bonds. The van der Waals surface area contributed by atoms with Crippen LogP contribution in [-0.2, 0) is 10.0 Å². The van der Waals surface area contributed by atoms with Gasteiger partial charge >= 0.3 is 6.18 Å². The molecule has 0 aromatic heterocycles. The first-order chi connectivity index (χ1) is 18.4. The quantitative estimate of drug-likeness (QED) is 0.229. The number of benzene rings is 1. The van der Waals surface area contributed by atoms with Crippen LogP contribution in [0.5, 0.6) is 0 Å². The van der Waals surface area contributed by atoms with Crippen molar-refractivity contribution >= 4 is 10.0 Å². The SMILES string of the molecule is CCN(CCCCN1CC(=C2CCC(c3cccc(C)c3C)CC2)C1C)S(=O)(=O)C1CCCCC1C(F)(F)F. The highest BCUT2D eigenvalue weighted by atomic mass is 32.2. The second-order valence-corrected chi connectivity index (χ2v) is 14.2. The average Bonchev–Trinajstić information content (AvgIpc) is 2.91. The van der Waals surface area contributed by atoms with Crippen LogP contribution in [-0.4, -0.2) is 61.3 Å². The molecule has 2 aliphatic carbocycles. The molecule has 1 aliphatic heterocycles. The summed E-state index contributed by atoms with van der Waals surface area (Å²) >= 11 is 0. The van der Waals surface area contributed by atoms with E-state index >= 15 is 0 Å². The maximum atomic E-state index is 13.6. The Morgan fingerprint density at radius 2 is 1.72 bits per heavy atom. The largest absolute Gasteiger partial charge is 0.393 e. The van der Waals surface area contributed by atoms with E-state index in [1.54, 1.807) is 18.1 Å². The van der Waals surface area contributed by atoms with E-state index < -0.39 is 27.4 Å². The van der Waals surface area contributed by atoms with Crippen molar-refractivity contribution in [2.24, 2.45) is 5.92 Å². The van der Waals surface area contributed by atoms with E-state index in [1.807, 2.05) is 0 Å². The van der Waals surface area contributed by atoms with E-state index in [2.05, 4.69) is 43.9 Å². The molecule has 1 saturated heterocycles. The first-order valence-electron chi connectivity index (χ1n) is 15.0. The standard InChI is InChI=1S/C31H47F3N2O2S/c1-5-36(39(37,38)30-14-7-6-13-29(30)31(32,33)34)20-9-8-19-35-21-28(24(35)4)26-17-15-25(16-18-26)27-12-10-11-22(2)23(27)3/h10-12,24-25,29-30H,5-9,13-21H2,1-4H3. The van der Waals surface area contributed by atoms with Crippen LogP contribution in [0, 0.1) is 19.8 Å². The third-order valence-corrected chi connectivity index (χ3v) is 12.4. The molecule has 0 radical (unpaired) electrons. The van der Waals surface area contributed by atoms with Crippen molar-refractivity contribution in [3.05, 3.63) is 46.0 Å². The predicted molar refractivity (Wildman–Crippen MR) is 152 cm³/mol. The first-order valence-corrected chi connectivity index (χ1v) is 16.5. The number of nitrogens with zero attached hydrogens (tertiary/aromatic N) is 2. The zero-order valence-electron chi connectivity index (χ0n) is 24.2. The Hall–Kier alpha value is -1.38. The third-order valence-electron chi connectivity index (χ3n) is 9.88. The summed E-state index contributed by atoms with van der Waals surface area (Å²) in [6.07, 6.45) is 2.86. The summed E-state index contributed by atoms with van der Waals surface area (Å²) < 4.78 is 68.4. The highest BCUT2D eigenvalue weighted by molar-refractivity contribution is 7.89. The lowest BCUT2D eigenvalue weighted by atomic mass is 9.76. The Bertz CT molecular complexity index is 1120. The minimum atomic E-state index is -4.46. The zero-order valence-corrected chi connectivity index (χ0v) is 25.0. The van der Waals surface area contributed by atoms with Crippen LogP contribution in [0.15, 0.2) is 29.3 Å². The van der Waals surface area contributed by atoms with Crippen LogP contribution >= 0.6 is 0 Å². The minimum Gasteiger partial charge on any atom is -0.293 e. The summed E-state index contributed by atoms with van der Waals surface area (Å²) in [6.45, 7) is 10.9. The lowest BCUT2D eigenvalue weighted by molar-refractivity contribution is -0.180. The fourth-order valence-electron chi connectivity index (χ4n) is 7.18. The lowest BCUT2D eigenvalue weighted by Crippen LogP contribution is -2.50. The molecular formula is C31H47F3N2O2S. The van der Waals surface area contributed by atoms with Crippen LogP contribution in [0.25, 0.3) is 0 Å². The summed E-state index contributed by atoms with van der Waals surface area (Å²) in [4.78, 5) is 2.45. The van der Waals surface area contributed by atoms with E-state index in [0.717, 1.165) is 19.5 Å². The van der Waals surface area contributed by atoms with Crippen molar-refractivity contribution < 1.29 is 21.6 Å². The number of allylic oxidation sites excluding steroid dienone is 1. The average molecular weight is 569 g/mol. The number of hydrogen-bond acceptors (Lipinski definition) is 3. The second kappa shape index (κ2) is 12.6. The summed E-state index contributed by atoms with van der Waals surface area (Å²) in [5.74, 6) is -1.09. The van der Waals surface area contributed by atoms with Crippen molar-refractivity contribution in [2.75, 3.05) is 26.2 Å². The maximum absolute atomic E-state index is 13.6. The number of alkyl halides is 3. The number of rotatable bonds is 9. The Kier molecular flexibility index (Phi) is 9.91. The van der Waals surface area contributed by atoms with Crippen LogP contribution in [0.2, 0.25) is 0 Å². The maximum Gasteiger partial charge on any atom is 0.393 e. The summed E-state index contributed by atoms with van der Waals surface area (Å²) in [7, 11) is -3.97. The molecule has 1 heterocycles. The zero-order chi connectivity index (χ0) is 28.4. The summed E-state index contributed by atoms with van der Waals surface area (Å²) in [6, 6.07) is 7.10. The van der Waals surface area contributed by atoms with Gasteiger partial charge in [0.05, 0.1) is 11.2 Å². The Labute approximate surface area is 234 Å². The Balaban J connectivity index is 1.24. The molecule has 0 bridgehead atoms. The molecule has 0 spiro atoms. The smallest absolute Gasteiger partial charge is 0.293 e. The normalized spacial score (nSPS) is 27.2. The van der Waals surface area contributed by atoms with Gasteiger partial charge < -0.3 is 0 Å². The Morgan fingerprint density at radius 3 is 2.36 bits per heavy atom. The van der Waals surface area contributed by atoms with Gasteiger partial charge in [0.25, 0.3) is 0 Å². The van der Waals surface area contributed by atoms with Gasteiger partial charge in [0.15, 0.2) is 0 Å².